The van der Waals surface area contributed by atoms with Crippen LogP contribution in [0.1, 0.15) is 63.9 Å². The first-order valence-corrected chi connectivity index (χ1v) is 14.7. The molecule has 1 saturated heterocycles. The van der Waals surface area contributed by atoms with Gasteiger partial charge in [-0.25, -0.2) is 4.79 Å². The molecule has 42 heavy (non-hydrogen) atoms. The number of ether oxygens (including phenoxy) is 1. The van der Waals surface area contributed by atoms with Crippen molar-refractivity contribution in [1.82, 2.24) is 15.1 Å². The zero-order valence-corrected chi connectivity index (χ0v) is 24.0. The smallest absolute Gasteiger partial charge is 0.423 e. The summed E-state index contributed by atoms with van der Waals surface area (Å²) in [7, 11) is 0. The summed E-state index contributed by atoms with van der Waals surface area (Å²) in [6, 6.07) is 3.27. The van der Waals surface area contributed by atoms with Crippen molar-refractivity contribution < 1.29 is 27.6 Å². The number of nitrogens with zero attached hydrogens (tertiary/aromatic N) is 3. The second-order valence-corrected chi connectivity index (χ2v) is 11.1. The number of urea groups is 1. The van der Waals surface area contributed by atoms with Crippen LogP contribution in [0.4, 0.5) is 29.3 Å². The highest BCUT2D eigenvalue weighted by Crippen LogP contribution is 2.38. The van der Waals surface area contributed by atoms with E-state index in [4.69, 9.17) is 4.74 Å². The van der Waals surface area contributed by atoms with Crippen LogP contribution in [-0.4, -0.2) is 65.1 Å². The Labute approximate surface area is 244 Å². The molecule has 12 heteroatoms. The number of nitrogens with one attached hydrogen (secondary N) is 2. The van der Waals surface area contributed by atoms with Gasteiger partial charge in [-0.3, -0.25) is 10.1 Å². The maximum Gasteiger partial charge on any atom is 0.423 e. The maximum absolute atomic E-state index is 13.3. The summed E-state index contributed by atoms with van der Waals surface area (Å²) < 4.78 is 46.3. The summed E-state index contributed by atoms with van der Waals surface area (Å²) in [5, 5.41) is 17.3. The third-order valence-electron chi connectivity index (χ3n) is 8.24. The number of rotatable bonds is 9. The molecular weight excluding hydrogens is 551 g/mol. The Morgan fingerprint density at radius 1 is 1.05 bits per heavy atom. The van der Waals surface area contributed by atoms with Gasteiger partial charge < -0.3 is 25.2 Å². The zero-order chi connectivity index (χ0) is 30.3. The summed E-state index contributed by atoms with van der Waals surface area (Å²) in [5.41, 5.74) is -1.08. The van der Waals surface area contributed by atoms with E-state index in [0.717, 1.165) is 30.7 Å². The number of nitro groups is 1. The first-order valence-electron chi connectivity index (χ1n) is 14.7. The van der Waals surface area contributed by atoms with E-state index in [1.165, 1.54) is 18.9 Å². The third-order valence-corrected chi connectivity index (χ3v) is 8.24. The molecule has 0 bridgehead atoms. The minimum Gasteiger partial charge on any atom is -0.491 e. The van der Waals surface area contributed by atoms with Crippen molar-refractivity contribution in [2.75, 3.05) is 31.5 Å². The van der Waals surface area contributed by atoms with Crippen LogP contribution in [-0.2, 0) is 10.9 Å². The molecule has 1 heterocycles. The monoisotopic (exact) mass is 591 g/mol. The molecule has 0 radical (unpaired) electrons. The van der Waals surface area contributed by atoms with Crippen LogP contribution >= 0.6 is 0 Å². The number of carbonyl (C=O) groups excluding carboxylic acids is 1. The van der Waals surface area contributed by atoms with Crippen molar-refractivity contribution in [1.29, 1.82) is 0 Å². The molecule has 3 fully saturated rings. The predicted octanol–water partition coefficient (Wildman–Crippen LogP) is 6.60. The minimum absolute atomic E-state index is 0.0163. The van der Waals surface area contributed by atoms with Gasteiger partial charge in [0, 0.05) is 61.8 Å². The number of carbonyl (C=O) groups is 1. The fraction of sp³-hybridized carbons (Fsp3) is 0.567. The number of amides is 2. The summed E-state index contributed by atoms with van der Waals surface area (Å²) in [4.78, 5) is 26.7. The second kappa shape index (κ2) is 14.0. The lowest BCUT2D eigenvalue weighted by molar-refractivity contribution is -0.388. The van der Waals surface area contributed by atoms with Crippen molar-refractivity contribution >= 4 is 17.4 Å². The molecule has 0 spiro atoms. The van der Waals surface area contributed by atoms with E-state index in [-0.39, 0.29) is 23.9 Å². The van der Waals surface area contributed by atoms with E-state index in [9.17, 15) is 28.1 Å². The van der Waals surface area contributed by atoms with Crippen molar-refractivity contribution in [2.45, 2.75) is 82.7 Å². The number of benzene rings is 1. The molecule has 2 amide bonds. The van der Waals surface area contributed by atoms with E-state index < -0.39 is 22.4 Å². The Hall–Kier alpha value is -3.70. The number of allylic oxidation sites excluding steroid dienone is 3. The van der Waals surface area contributed by atoms with Crippen molar-refractivity contribution in [2.24, 2.45) is 0 Å². The first-order chi connectivity index (χ1) is 20.1. The molecule has 0 atom stereocenters. The van der Waals surface area contributed by atoms with Crippen LogP contribution in [0.5, 0.6) is 0 Å². The Morgan fingerprint density at radius 3 is 2.26 bits per heavy atom. The number of piperazine rings is 1. The molecule has 1 aromatic rings. The Kier molecular flexibility index (Phi) is 10.4. The van der Waals surface area contributed by atoms with E-state index in [0.29, 0.717) is 63.7 Å². The second-order valence-electron chi connectivity index (χ2n) is 11.1. The average Bonchev–Trinajstić information content (AvgIpc) is 3.48. The summed E-state index contributed by atoms with van der Waals surface area (Å²) in [5.74, 6) is 0.716. The Bertz CT molecular complexity index is 1180. The number of halogens is 3. The Morgan fingerprint density at radius 2 is 1.69 bits per heavy atom. The van der Waals surface area contributed by atoms with E-state index >= 15 is 0 Å². The molecule has 2 aliphatic carbocycles. The highest BCUT2D eigenvalue weighted by atomic mass is 19.4. The fourth-order valence-electron chi connectivity index (χ4n) is 5.88. The molecule has 1 aliphatic heterocycles. The number of anilines is 1. The van der Waals surface area contributed by atoms with E-state index in [1.54, 1.807) is 6.08 Å². The lowest BCUT2D eigenvalue weighted by Crippen LogP contribution is -2.52. The quantitative estimate of drug-likeness (QED) is 0.145. The van der Waals surface area contributed by atoms with Gasteiger partial charge in [-0.2, -0.15) is 13.2 Å². The van der Waals surface area contributed by atoms with Gasteiger partial charge >= 0.3 is 12.2 Å². The average molecular weight is 592 g/mol. The van der Waals surface area contributed by atoms with Crippen molar-refractivity contribution in [3.63, 3.8) is 0 Å². The topological polar surface area (TPSA) is 100.0 Å². The van der Waals surface area contributed by atoms with Crippen LogP contribution in [0.15, 0.2) is 54.5 Å². The zero-order valence-electron chi connectivity index (χ0n) is 24.0. The third kappa shape index (κ3) is 8.19. The van der Waals surface area contributed by atoms with Gasteiger partial charge in [-0.05, 0) is 69.7 Å². The molecule has 1 aromatic carbocycles. The minimum atomic E-state index is -4.82. The molecule has 2 N–H and O–H groups in total. The van der Waals surface area contributed by atoms with Crippen LogP contribution in [0.3, 0.4) is 0 Å². The largest absolute Gasteiger partial charge is 0.491 e. The molecule has 0 unspecified atom stereocenters. The van der Waals surface area contributed by atoms with Gasteiger partial charge in [0.15, 0.2) is 0 Å². The van der Waals surface area contributed by atoms with E-state index in [2.05, 4.69) is 22.1 Å². The van der Waals surface area contributed by atoms with Gasteiger partial charge in [-0.1, -0.05) is 19.4 Å². The number of nitro benzene ring substituents is 1. The highest BCUT2D eigenvalue weighted by Gasteiger charge is 2.38. The first kappa shape index (κ1) is 31.2. The standard InChI is InChI=1S/C30H40F3N5O4/c1-3-24(36-15-17-37(18-16-36)29(39)35-21-7-5-6-8-21)20-25(4-2)42-26-12-9-22(10-13-26)34-23-11-14-28(38(40)41)27(19-23)30(31,32)33/h3-4,11,14,19-22,26,34H,1,5-10,12-13,15-18H2,2H3,(H,35,39)/b24-20+,25-4+/t22-,26-. The normalized spacial score (nSPS) is 22.6. The fourth-order valence-corrected chi connectivity index (χ4v) is 5.88. The molecular formula is C30H40F3N5O4. The van der Waals surface area contributed by atoms with Crippen molar-refractivity contribution in [3.05, 3.63) is 70.1 Å². The van der Waals surface area contributed by atoms with Gasteiger partial charge in [-0.15, -0.1) is 0 Å². The number of hydrogen-bond acceptors (Lipinski definition) is 6. The molecule has 0 aromatic heterocycles. The van der Waals surface area contributed by atoms with Gasteiger partial charge in [0.2, 0.25) is 0 Å². The maximum atomic E-state index is 13.3. The highest BCUT2D eigenvalue weighted by molar-refractivity contribution is 5.74. The number of alkyl halides is 3. The van der Waals surface area contributed by atoms with Crippen LogP contribution in [0.2, 0.25) is 0 Å². The van der Waals surface area contributed by atoms with Crippen LogP contribution in [0, 0.1) is 10.1 Å². The van der Waals surface area contributed by atoms with Crippen molar-refractivity contribution in [3.8, 4) is 0 Å². The SMILES string of the molecule is C=C/C(=C\C(=C/C)O[C@H]1CC[C@H](Nc2ccc([N+](=O)[O-])c(C(F)(F)F)c2)CC1)N1CCN(C(=O)NC2CCCC2)CC1. The number of hydrogen-bond donors (Lipinski definition) is 2. The van der Waals surface area contributed by atoms with Crippen LogP contribution < -0.4 is 10.6 Å². The molecule has 3 aliphatic rings. The van der Waals surface area contributed by atoms with E-state index in [1.807, 2.05) is 24.0 Å². The molecule has 230 valence electrons. The Balaban J connectivity index is 1.26. The van der Waals surface area contributed by atoms with Gasteiger partial charge in [0.25, 0.3) is 5.69 Å². The lowest BCUT2D eigenvalue weighted by Gasteiger charge is -2.37. The summed E-state index contributed by atoms with van der Waals surface area (Å²) in [6.07, 6.45) is 8.04. The summed E-state index contributed by atoms with van der Waals surface area (Å²) in [6.45, 7) is 8.53. The molecule has 4 rings (SSSR count). The molecule has 9 nitrogen and oxygen atoms in total. The lowest BCUT2D eigenvalue weighted by atomic mass is 9.92. The van der Waals surface area contributed by atoms with Gasteiger partial charge in [0.05, 0.1) is 11.0 Å². The predicted molar refractivity (Wildman–Crippen MR) is 155 cm³/mol. The molecule has 2 saturated carbocycles. The van der Waals surface area contributed by atoms with Gasteiger partial charge in [0.1, 0.15) is 11.3 Å². The van der Waals surface area contributed by atoms with Crippen LogP contribution in [0.25, 0.3) is 0 Å². The summed E-state index contributed by atoms with van der Waals surface area (Å²) >= 11 is 0.